The number of benzene rings is 1. The minimum absolute atomic E-state index is 0.679. The molecule has 0 bridgehead atoms. The highest BCUT2D eigenvalue weighted by Gasteiger charge is 2.14. The average Bonchev–Trinajstić information content (AvgIpc) is 2.74. The first-order valence-corrected chi connectivity index (χ1v) is 5.32. The molecule has 4 nitrogen and oxygen atoms in total. The number of oxime groups is 1. The van der Waals surface area contributed by atoms with E-state index in [4.69, 9.17) is 9.36 Å². The molecule has 0 fully saturated rings. The number of hydrogen-bond acceptors (Lipinski definition) is 4. The lowest BCUT2D eigenvalue weighted by Crippen LogP contribution is -2.06. The van der Waals surface area contributed by atoms with Crippen LogP contribution in [0.3, 0.4) is 0 Å². The minimum Gasteiger partial charge on any atom is -0.399 e. The Balaban J connectivity index is 2.47. The molecule has 0 aliphatic carbocycles. The smallest absolute Gasteiger partial charge is 0.139 e. The highest BCUT2D eigenvalue weighted by Crippen LogP contribution is 2.14. The van der Waals surface area contributed by atoms with Gasteiger partial charge < -0.3 is 9.36 Å². The average molecular weight is 230 g/mol. The quantitative estimate of drug-likeness (QED) is 0.601. The number of aryl methyl sites for hydroxylation is 2. The van der Waals surface area contributed by atoms with E-state index in [-0.39, 0.29) is 0 Å². The van der Waals surface area contributed by atoms with Crippen molar-refractivity contribution in [2.75, 3.05) is 7.11 Å². The third kappa shape index (κ3) is 2.36. The van der Waals surface area contributed by atoms with E-state index in [0.717, 1.165) is 11.1 Å². The van der Waals surface area contributed by atoms with Crippen molar-refractivity contribution in [3.05, 3.63) is 52.9 Å². The van der Waals surface area contributed by atoms with Crippen LogP contribution in [0.15, 0.2) is 40.2 Å². The van der Waals surface area contributed by atoms with Crippen LogP contribution in [0.5, 0.6) is 0 Å². The minimum atomic E-state index is 0.679. The molecule has 0 spiro atoms. The van der Waals surface area contributed by atoms with Gasteiger partial charge in [-0.05, 0) is 13.8 Å². The molecule has 1 aromatic heterocycles. The van der Waals surface area contributed by atoms with Crippen molar-refractivity contribution in [3.63, 3.8) is 0 Å². The number of nitrogens with zero attached hydrogens (tertiary/aromatic N) is 2. The molecule has 0 aliphatic rings. The summed E-state index contributed by atoms with van der Waals surface area (Å²) in [5, 5.41) is 7.97. The lowest BCUT2D eigenvalue weighted by molar-refractivity contribution is 0.213. The van der Waals surface area contributed by atoms with Crippen molar-refractivity contribution in [2.24, 2.45) is 5.16 Å². The van der Waals surface area contributed by atoms with Crippen LogP contribution in [0.25, 0.3) is 0 Å². The van der Waals surface area contributed by atoms with E-state index in [1.807, 2.05) is 38.1 Å². The Morgan fingerprint density at radius 1 is 1.24 bits per heavy atom. The van der Waals surface area contributed by atoms with Gasteiger partial charge >= 0.3 is 0 Å². The first kappa shape index (κ1) is 11.4. The second kappa shape index (κ2) is 4.82. The van der Waals surface area contributed by atoms with E-state index in [1.54, 1.807) is 6.26 Å². The summed E-state index contributed by atoms with van der Waals surface area (Å²) in [6, 6.07) is 8.02. The number of aromatic nitrogens is 1. The fourth-order valence-corrected chi connectivity index (χ4v) is 1.55. The zero-order chi connectivity index (χ0) is 12.3. The number of rotatable bonds is 3. The van der Waals surface area contributed by atoms with Gasteiger partial charge in [-0.1, -0.05) is 40.1 Å². The van der Waals surface area contributed by atoms with Crippen LogP contribution in [-0.2, 0) is 4.84 Å². The Bertz CT molecular complexity index is 527. The molecule has 4 heteroatoms. The summed E-state index contributed by atoms with van der Waals surface area (Å²) >= 11 is 0. The van der Waals surface area contributed by atoms with Gasteiger partial charge in [0.2, 0.25) is 0 Å². The molecule has 17 heavy (non-hydrogen) atoms. The van der Waals surface area contributed by atoms with Gasteiger partial charge in [0.1, 0.15) is 24.8 Å². The van der Waals surface area contributed by atoms with Gasteiger partial charge in [-0.2, -0.15) is 0 Å². The molecule has 0 saturated carbocycles. The summed E-state index contributed by atoms with van der Waals surface area (Å²) in [5.74, 6) is 0. The predicted molar refractivity (Wildman–Crippen MR) is 65.1 cm³/mol. The van der Waals surface area contributed by atoms with Crippen LogP contribution in [-0.4, -0.2) is 18.0 Å². The maximum Gasteiger partial charge on any atom is 0.139 e. The van der Waals surface area contributed by atoms with Crippen LogP contribution in [0.1, 0.15) is 22.4 Å². The molecule has 0 saturated heterocycles. The van der Waals surface area contributed by atoms with E-state index >= 15 is 0 Å². The summed E-state index contributed by atoms with van der Waals surface area (Å²) in [6.45, 7) is 3.96. The lowest BCUT2D eigenvalue weighted by Gasteiger charge is -2.03. The van der Waals surface area contributed by atoms with Crippen molar-refractivity contribution in [3.8, 4) is 0 Å². The molecule has 0 aliphatic heterocycles. The van der Waals surface area contributed by atoms with Crippen molar-refractivity contribution >= 4 is 5.71 Å². The fourth-order valence-electron chi connectivity index (χ4n) is 1.55. The molecule has 2 rings (SSSR count). The normalized spacial score (nSPS) is 11.6. The SMILES string of the molecule is CON=C(c1ccc(C)cc1)c1nocc1C. The summed E-state index contributed by atoms with van der Waals surface area (Å²) in [7, 11) is 1.52. The van der Waals surface area contributed by atoms with Gasteiger partial charge in [0.05, 0.1) is 0 Å². The molecule has 0 N–H and O–H groups in total. The first-order chi connectivity index (χ1) is 8.22. The number of hydrogen-bond donors (Lipinski definition) is 0. The van der Waals surface area contributed by atoms with Gasteiger partial charge in [0.15, 0.2) is 0 Å². The summed E-state index contributed by atoms with van der Waals surface area (Å²) < 4.78 is 4.93. The second-order valence-corrected chi connectivity index (χ2v) is 3.83. The largest absolute Gasteiger partial charge is 0.399 e. The maximum atomic E-state index is 4.93. The molecule has 0 atom stereocenters. The summed E-state index contributed by atoms with van der Waals surface area (Å²) in [5.41, 5.74) is 4.47. The first-order valence-electron chi connectivity index (χ1n) is 5.32. The fraction of sp³-hybridized carbons (Fsp3) is 0.231. The molecule has 0 amide bonds. The van der Waals surface area contributed by atoms with Gasteiger partial charge in [0, 0.05) is 11.1 Å². The van der Waals surface area contributed by atoms with Gasteiger partial charge in [0.25, 0.3) is 0 Å². The molecular weight excluding hydrogens is 216 g/mol. The third-order valence-electron chi connectivity index (χ3n) is 2.48. The standard InChI is InChI=1S/C13H14N2O2/c1-9-4-6-11(7-5-9)13(14-16-3)12-10(2)8-17-15-12/h4-8H,1-3H3. The van der Waals surface area contributed by atoms with Gasteiger partial charge in [-0.25, -0.2) is 0 Å². The van der Waals surface area contributed by atoms with Crippen molar-refractivity contribution in [2.45, 2.75) is 13.8 Å². The van der Waals surface area contributed by atoms with E-state index in [1.165, 1.54) is 12.7 Å². The maximum absolute atomic E-state index is 4.93. The molecular formula is C13H14N2O2. The van der Waals surface area contributed by atoms with E-state index in [2.05, 4.69) is 10.3 Å². The van der Waals surface area contributed by atoms with Crippen molar-refractivity contribution < 1.29 is 9.36 Å². The molecule has 88 valence electrons. The van der Waals surface area contributed by atoms with Crippen molar-refractivity contribution in [1.29, 1.82) is 0 Å². The van der Waals surface area contributed by atoms with Gasteiger partial charge in [-0.15, -0.1) is 0 Å². The summed E-state index contributed by atoms with van der Waals surface area (Å²) in [4.78, 5) is 4.87. The molecule has 0 radical (unpaired) electrons. The zero-order valence-corrected chi connectivity index (χ0v) is 10.1. The molecule has 0 unspecified atom stereocenters. The Morgan fingerprint density at radius 2 is 1.94 bits per heavy atom. The Morgan fingerprint density at radius 3 is 2.47 bits per heavy atom. The third-order valence-corrected chi connectivity index (χ3v) is 2.48. The monoisotopic (exact) mass is 230 g/mol. The van der Waals surface area contributed by atoms with Crippen LogP contribution < -0.4 is 0 Å². The second-order valence-electron chi connectivity index (χ2n) is 3.83. The zero-order valence-electron chi connectivity index (χ0n) is 10.1. The Hall–Kier alpha value is -2.10. The molecule has 1 heterocycles. The Labute approximate surface area is 99.9 Å². The van der Waals surface area contributed by atoms with Gasteiger partial charge in [-0.3, -0.25) is 0 Å². The Kier molecular flexibility index (Phi) is 3.23. The van der Waals surface area contributed by atoms with Crippen LogP contribution in [0.4, 0.5) is 0 Å². The van der Waals surface area contributed by atoms with Crippen LogP contribution in [0.2, 0.25) is 0 Å². The lowest BCUT2D eigenvalue weighted by atomic mass is 10.0. The van der Waals surface area contributed by atoms with Crippen LogP contribution >= 0.6 is 0 Å². The highest BCUT2D eigenvalue weighted by atomic mass is 16.6. The molecule has 2 aromatic rings. The van der Waals surface area contributed by atoms with E-state index in [9.17, 15) is 0 Å². The molecule has 1 aromatic carbocycles. The van der Waals surface area contributed by atoms with Crippen LogP contribution in [0, 0.1) is 13.8 Å². The topological polar surface area (TPSA) is 47.6 Å². The highest BCUT2D eigenvalue weighted by molar-refractivity contribution is 6.12. The van der Waals surface area contributed by atoms with Crippen molar-refractivity contribution in [1.82, 2.24) is 5.16 Å². The van der Waals surface area contributed by atoms with E-state index < -0.39 is 0 Å². The predicted octanol–water partition coefficient (Wildman–Crippen LogP) is 2.69. The van der Waals surface area contributed by atoms with E-state index in [0.29, 0.717) is 11.4 Å². The summed E-state index contributed by atoms with van der Waals surface area (Å²) in [6.07, 6.45) is 1.59.